The molecule has 120 valence electrons. The zero-order valence-electron chi connectivity index (χ0n) is 13.2. The van der Waals surface area contributed by atoms with Gasteiger partial charge < -0.3 is 19.6 Å². The third kappa shape index (κ3) is 3.87. The number of rotatable bonds is 2. The summed E-state index contributed by atoms with van der Waals surface area (Å²) in [5, 5.41) is 10.4. The van der Waals surface area contributed by atoms with E-state index in [1.54, 1.807) is 4.90 Å². The second-order valence-corrected chi connectivity index (χ2v) is 6.86. The molecular weight excluding hydrogens is 272 g/mol. The van der Waals surface area contributed by atoms with Crippen molar-refractivity contribution in [1.82, 2.24) is 9.80 Å². The van der Waals surface area contributed by atoms with E-state index in [4.69, 9.17) is 4.74 Å². The quantitative estimate of drug-likeness (QED) is 0.836. The van der Waals surface area contributed by atoms with Gasteiger partial charge in [-0.3, -0.25) is 4.79 Å². The molecule has 1 N–H and O–H groups in total. The largest absolute Gasteiger partial charge is 0.444 e. The summed E-state index contributed by atoms with van der Waals surface area (Å²) in [4.78, 5) is 27.7. The van der Waals surface area contributed by atoms with Gasteiger partial charge in [-0.25, -0.2) is 4.79 Å². The number of hydrogen-bond donors (Lipinski definition) is 1. The highest BCUT2D eigenvalue weighted by Gasteiger charge is 2.40. The molecule has 21 heavy (non-hydrogen) atoms. The average molecular weight is 298 g/mol. The van der Waals surface area contributed by atoms with E-state index in [9.17, 15) is 14.7 Å². The molecular formula is C15H26N2O4. The minimum Gasteiger partial charge on any atom is -0.444 e. The first-order valence-electron chi connectivity index (χ1n) is 7.76. The maximum atomic E-state index is 12.3. The van der Waals surface area contributed by atoms with Crippen molar-refractivity contribution in [2.45, 2.75) is 64.2 Å². The number of carbonyl (C=O) groups is 2. The first-order valence-corrected chi connectivity index (χ1v) is 7.76. The van der Waals surface area contributed by atoms with Crippen LogP contribution in [-0.2, 0) is 9.53 Å². The number of ether oxygens (including phenoxy) is 1. The van der Waals surface area contributed by atoms with Crippen LogP contribution in [0.5, 0.6) is 0 Å². The molecule has 0 aliphatic carbocycles. The van der Waals surface area contributed by atoms with Gasteiger partial charge in [0, 0.05) is 19.6 Å². The van der Waals surface area contributed by atoms with E-state index < -0.39 is 23.8 Å². The zero-order chi connectivity index (χ0) is 15.6. The SMILES string of the molecule is CC(C)(C)OC(=O)N1CCC[C@H]1C(O)C(=O)N1CCCC1. The lowest BCUT2D eigenvalue weighted by atomic mass is 10.1. The topological polar surface area (TPSA) is 70.1 Å². The Hall–Kier alpha value is -1.30. The second-order valence-electron chi connectivity index (χ2n) is 6.86. The van der Waals surface area contributed by atoms with Crippen LogP contribution in [0.2, 0.25) is 0 Å². The Kier molecular flexibility index (Phi) is 4.76. The number of hydrogen-bond acceptors (Lipinski definition) is 4. The summed E-state index contributed by atoms with van der Waals surface area (Å²) >= 11 is 0. The van der Waals surface area contributed by atoms with Crippen molar-refractivity contribution >= 4 is 12.0 Å². The van der Waals surface area contributed by atoms with Gasteiger partial charge in [-0.1, -0.05) is 0 Å². The number of amides is 2. The van der Waals surface area contributed by atoms with E-state index in [1.807, 2.05) is 20.8 Å². The van der Waals surface area contributed by atoms with Crippen LogP contribution in [0.15, 0.2) is 0 Å². The summed E-state index contributed by atoms with van der Waals surface area (Å²) in [6, 6.07) is -0.465. The molecule has 0 aromatic heterocycles. The lowest BCUT2D eigenvalue weighted by Gasteiger charge is -2.31. The fraction of sp³-hybridized carbons (Fsp3) is 0.867. The molecule has 0 bridgehead atoms. The Morgan fingerprint density at radius 1 is 1.14 bits per heavy atom. The van der Waals surface area contributed by atoms with Crippen LogP contribution >= 0.6 is 0 Å². The fourth-order valence-corrected chi connectivity index (χ4v) is 2.96. The van der Waals surface area contributed by atoms with Crippen LogP contribution in [-0.4, -0.2) is 64.3 Å². The van der Waals surface area contributed by atoms with E-state index in [2.05, 4.69) is 0 Å². The average Bonchev–Trinajstić information content (AvgIpc) is 3.05. The van der Waals surface area contributed by atoms with Crippen LogP contribution < -0.4 is 0 Å². The summed E-state index contributed by atoms with van der Waals surface area (Å²) in [5.74, 6) is -0.257. The summed E-state index contributed by atoms with van der Waals surface area (Å²) in [7, 11) is 0. The molecule has 2 aliphatic heterocycles. The van der Waals surface area contributed by atoms with Crippen LogP contribution in [0.1, 0.15) is 46.5 Å². The highest BCUT2D eigenvalue weighted by Crippen LogP contribution is 2.24. The van der Waals surface area contributed by atoms with Crippen molar-refractivity contribution in [3.63, 3.8) is 0 Å². The molecule has 0 aromatic carbocycles. The smallest absolute Gasteiger partial charge is 0.410 e. The standard InChI is InChI=1S/C15H26N2O4/c1-15(2,3)21-14(20)17-10-6-7-11(17)12(18)13(19)16-8-4-5-9-16/h11-12,18H,4-10H2,1-3H3/t11-,12?/m0/s1. The van der Waals surface area contributed by atoms with Gasteiger partial charge in [0.25, 0.3) is 5.91 Å². The lowest BCUT2D eigenvalue weighted by Crippen LogP contribution is -2.51. The van der Waals surface area contributed by atoms with Gasteiger partial charge in [-0.15, -0.1) is 0 Å². The van der Waals surface area contributed by atoms with Gasteiger partial charge in [0.1, 0.15) is 5.60 Å². The third-order valence-corrected chi connectivity index (χ3v) is 3.96. The minimum atomic E-state index is -1.14. The van der Waals surface area contributed by atoms with E-state index in [0.717, 1.165) is 19.3 Å². The molecule has 0 saturated carbocycles. The fourth-order valence-electron chi connectivity index (χ4n) is 2.96. The third-order valence-electron chi connectivity index (χ3n) is 3.96. The molecule has 2 heterocycles. The van der Waals surface area contributed by atoms with E-state index in [1.165, 1.54) is 4.90 Å². The van der Waals surface area contributed by atoms with Gasteiger partial charge in [-0.2, -0.15) is 0 Å². The summed E-state index contributed by atoms with van der Waals surface area (Å²) < 4.78 is 5.36. The van der Waals surface area contributed by atoms with E-state index in [0.29, 0.717) is 26.1 Å². The van der Waals surface area contributed by atoms with Gasteiger partial charge >= 0.3 is 6.09 Å². The summed E-state index contributed by atoms with van der Waals surface area (Å²) in [6.07, 6.45) is 1.81. The van der Waals surface area contributed by atoms with Crippen molar-refractivity contribution in [3.05, 3.63) is 0 Å². The van der Waals surface area contributed by atoms with Gasteiger partial charge in [0.15, 0.2) is 6.10 Å². The van der Waals surface area contributed by atoms with Gasteiger partial charge in [0.05, 0.1) is 6.04 Å². The summed E-state index contributed by atoms with van der Waals surface area (Å²) in [5.41, 5.74) is -0.575. The first kappa shape index (κ1) is 16.1. The zero-order valence-corrected chi connectivity index (χ0v) is 13.2. The molecule has 2 amide bonds. The molecule has 6 nitrogen and oxygen atoms in total. The molecule has 2 saturated heterocycles. The highest BCUT2D eigenvalue weighted by molar-refractivity contribution is 5.82. The van der Waals surface area contributed by atoms with Crippen molar-refractivity contribution in [2.75, 3.05) is 19.6 Å². The van der Waals surface area contributed by atoms with Crippen LogP contribution in [0.3, 0.4) is 0 Å². The maximum Gasteiger partial charge on any atom is 0.410 e. The number of nitrogens with zero attached hydrogens (tertiary/aromatic N) is 2. The Labute approximate surface area is 126 Å². The van der Waals surface area contributed by atoms with Crippen LogP contribution in [0.4, 0.5) is 4.79 Å². The van der Waals surface area contributed by atoms with Gasteiger partial charge in [-0.05, 0) is 46.5 Å². The second kappa shape index (κ2) is 6.22. The highest BCUT2D eigenvalue weighted by atomic mass is 16.6. The number of aliphatic hydroxyl groups is 1. The number of aliphatic hydroxyl groups excluding tert-OH is 1. The van der Waals surface area contributed by atoms with Crippen molar-refractivity contribution in [2.24, 2.45) is 0 Å². The predicted octanol–water partition coefficient (Wildman–Crippen LogP) is 1.37. The Morgan fingerprint density at radius 2 is 1.76 bits per heavy atom. The minimum absolute atomic E-state index is 0.257. The van der Waals surface area contributed by atoms with Crippen molar-refractivity contribution in [3.8, 4) is 0 Å². The Bertz CT molecular complexity index is 399. The van der Waals surface area contributed by atoms with E-state index >= 15 is 0 Å². The van der Waals surface area contributed by atoms with E-state index in [-0.39, 0.29) is 5.91 Å². The van der Waals surface area contributed by atoms with Crippen molar-refractivity contribution < 1.29 is 19.4 Å². The summed E-state index contributed by atoms with van der Waals surface area (Å²) in [6.45, 7) is 7.36. The maximum absolute atomic E-state index is 12.3. The Balaban J connectivity index is 2.00. The molecule has 6 heteroatoms. The molecule has 1 unspecified atom stereocenters. The normalized spacial score (nSPS) is 24.3. The van der Waals surface area contributed by atoms with Gasteiger partial charge in [0.2, 0.25) is 0 Å². The van der Waals surface area contributed by atoms with Crippen LogP contribution in [0.25, 0.3) is 0 Å². The molecule has 0 aromatic rings. The number of carbonyl (C=O) groups excluding carboxylic acids is 2. The molecule has 2 fully saturated rings. The Morgan fingerprint density at radius 3 is 2.33 bits per heavy atom. The van der Waals surface area contributed by atoms with Crippen LogP contribution in [0, 0.1) is 0 Å². The molecule has 0 spiro atoms. The number of likely N-dealkylation sites (tertiary alicyclic amines) is 2. The van der Waals surface area contributed by atoms with Crippen molar-refractivity contribution in [1.29, 1.82) is 0 Å². The molecule has 0 radical (unpaired) electrons. The first-order chi connectivity index (χ1) is 9.79. The lowest BCUT2D eigenvalue weighted by molar-refractivity contribution is -0.141. The monoisotopic (exact) mass is 298 g/mol. The predicted molar refractivity (Wildman–Crippen MR) is 77.8 cm³/mol. The molecule has 2 aliphatic rings. The molecule has 2 atom stereocenters. The molecule has 2 rings (SSSR count).